The fourth-order valence-corrected chi connectivity index (χ4v) is 8.14. The number of hydrogen-bond donors (Lipinski definition) is 0. The van der Waals surface area contributed by atoms with Gasteiger partial charge in [-0.05, 0) is 104 Å². The summed E-state index contributed by atoms with van der Waals surface area (Å²) in [4.78, 5) is 2.27. The predicted octanol–water partition coefficient (Wildman–Crippen LogP) is 13.0. The third-order valence-electron chi connectivity index (χ3n) is 9.94. The van der Waals surface area contributed by atoms with Crippen molar-refractivity contribution in [1.29, 1.82) is 0 Å². The highest BCUT2D eigenvalue weighted by atomic mass is 35.5. The van der Waals surface area contributed by atoms with Gasteiger partial charge in [-0.1, -0.05) is 157 Å². The molecule has 8 aromatic rings. The molecule has 0 aliphatic heterocycles. The van der Waals surface area contributed by atoms with Crippen molar-refractivity contribution in [1.82, 2.24) is 0 Å². The number of fused-ring (bicyclic) bond motifs is 5. The fourth-order valence-electron chi connectivity index (χ4n) is 7.91. The molecule has 0 atom stereocenters. The molecule has 1 aliphatic rings. The minimum atomic E-state index is -0.466. The Bertz CT molecular complexity index is 2360. The molecule has 0 fully saturated rings. The monoisotopic (exact) mass is 645 g/mol. The van der Waals surface area contributed by atoms with Crippen LogP contribution >= 0.6 is 11.6 Å². The lowest BCUT2D eigenvalue weighted by Crippen LogP contribution is -2.28. The van der Waals surface area contributed by atoms with Crippen molar-refractivity contribution in [2.45, 2.75) is 5.41 Å². The third-order valence-corrected chi connectivity index (χ3v) is 10.2. The topological polar surface area (TPSA) is 3.24 Å². The fraction of sp³-hybridized carbons (Fsp3) is 0.0213. The highest BCUT2D eigenvalue weighted by Gasteiger charge is 2.46. The molecule has 0 unspecified atom stereocenters. The lowest BCUT2D eigenvalue weighted by atomic mass is 9.67. The van der Waals surface area contributed by atoms with Crippen LogP contribution in [0, 0.1) is 0 Å². The molecule has 0 bridgehead atoms. The van der Waals surface area contributed by atoms with Crippen molar-refractivity contribution in [3.05, 3.63) is 221 Å². The summed E-state index contributed by atoms with van der Waals surface area (Å²) in [5.41, 5.74) is 12.5. The smallest absolute Gasteiger partial charge is 0.0713 e. The van der Waals surface area contributed by atoms with Gasteiger partial charge in [0, 0.05) is 22.1 Å². The molecule has 0 saturated heterocycles. The summed E-state index contributed by atoms with van der Waals surface area (Å²) in [6, 6.07) is 69.7. The maximum atomic E-state index is 6.97. The molecule has 0 radical (unpaired) electrons. The van der Waals surface area contributed by atoms with Gasteiger partial charge in [0.1, 0.15) is 0 Å². The van der Waals surface area contributed by atoms with Crippen molar-refractivity contribution in [2.75, 3.05) is 4.90 Å². The standard InChI is InChI=1S/C47H32ClN/c48-38-29-35(30-41(32-38)49(39-20-9-3-10-21-39)40-22-11-4-12-23-40)34-26-27-44-43(31-34)46-42-24-14-13-15-33(42)25-28-45(46)47(44,36-16-5-1-6-17-36)37-18-7-2-8-19-37/h1-32H. The van der Waals surface area contributed by atoms with Gasteiger partial charge in [-0.3, -0.25) is 0 Å². The summed E-state index contributed by atoms with van der Waals surface area (Å²) < 4.78 is 0. The SMILES string of the molecule is Clc1cc(-c2ccc3c(c2)-c2c(ccc4ccccc24)C3(c2ccccc2)c2ccccc2)cc(N(c2ccccc2)c2ccccc2)c1. The van der Waals surface area contributed by atoms with E-state index in [-0.39, 0.29) is 0 Å². The molecule has 1 aliphatic carbocycles. The summed E-state index contributed by atoms with van der Waals surface area (Å²) in [7, 11) is 0. The van der Waals surface area contributed by atoms with E-state index in [1.807, 2.05) is 12.1 Å². The molecule has 49 heavy (non-hydrogen) atoms. The summed E-state index contributed by atoms with van der Waals surface area (Å²) in [6.45, 7) is 0. The van der Waals surface area contributed by atoms with E-state index in [2.05, 4.69) is 187 Å². The molecule has 8 aromatic carbocycles. The highest BCUT2D eigenvalue weighted by Crippen LogP contribution is 2.58. The van der Waals surface area contributed by atoms with E-state index in [1.165, 1.54) is 44.2 Å². The van der Waals surface area contributed by atoms with E-state index in [9.17, 15) is 0 Å². The first-order chi connectivity index (χ1) is 24.2. The van der Waals surface area contributed by atoms with Crippen LogP contribution < -0.4 is 4.90 Å². The van der Waals surface area contributed by atoms with Crippen LogP contribution in [0.1, 0.15) is 22.3 Å². The largest absolute Gasteiger partial charge is 0.310 e. The normalized spacial score (nSPS) is 12.8. The Labute approximate surface area is 292 Å². The van der Waals surface area contributed by atoms with Crippen LogP contribution in [0.3, 0.4) is 0 Å². The van der Waals surface area contributed by atoms with E-state index in [0.29, 0.717) is 5.02 Å². The molecule has 1 nitrogen and oxygen atoms in total. The van der Waals surface area contributed by atoms with E-state index in [4.69, 9.17) is 11.6 Å². The zero-order chi connectivity index (χ0) is 32.8. The van der Waals surface area contributed by atoms with Gasteiger partial charge in [0.15, 0.2) is 0 Å². The second kappa shape index (κ2) is 12.0. The number of benzene rings is 8. The average Bonchev–Trinajstić information content (AvgIpc) is 3.47. The highest BCUT2D eigenvalue weighted by molar-refractivity contribution is 6.31. The first kappa shape index (κ1) is 29.3. The maximum absolute atomic E-state index is 6.97. The predicted molar refractivity (Wildman–Crippen MR) is 206 cm³/mol. The quantitative estimate of drug-likeness (QED) is 0.174. The van der Waals surface area contributed by atoms with Crippen LogP contribution in [0.25, 0.3) is 33.0 Å². The van der Waals surface area contributed by atoms with Gasteiger partial charge in [0.25, 0.3) is 0 Å². The number of hydrogen-bond acceptors (Lipinski definition) is 1. The van der Waals surface area contributed by atoms with Gasteiger partial charge in [-0.15, -0.1) is 0 Å². The second-order valence-corrected chi connectivity index (χ2v) is 13.1. The Hall–Kier alpha value is -5.89. The van der Waals surface area contributed by atoms with Crippen LogP contribution in [0.4, 0.5) is 17.1 Å². The minimum Gasteiger partial charge on any atom is -0.310 e. The van der Waals surface area contributed by atoms with Gasteiger partial charge >= 0.3 is 0 Å². The Morgan fingerprint density at radius 1 is 0.408 bits per heavy atom. The van der Waals surface area contributed by atoms with Crippen molar-refractivity contribution in [3.63, 3.8) is 0 Å². The van der Waals surface area contributed by atoms with E-state index >= 15 is 0 Å². The Morgan fingerprint density at radius 3 is 1.59 bits per heavy atom. The molecule has 0 spiro atoms. The van der Waals surface area contributed by atoms with Crippen molar-refractivity contribution < 1.29 is 0 Å². The zero-order valence-electron chi connectivity index (χ0n) is 26.8. The number of anilines is 3. The van der Waals surface area contributed by atoms with Crippen LogP contribution in [0.5, 0.6) is 0 Å². The first-order valence-electron chi connectivity index (χ1n) is 16.7. The van der Waals surface area contributed by atoms with Crippen molar-refractivity contribution >= 4 is 39.4 Å². The molecule has 0 N–H and O–H groups in total. The maximum Gasteiger partial charge on any atom is 0.0713 e. The number of halogens is 1. The zero-order valence-corrected chi connectivity index (χ0v) is 27.6. The molecule has 0 heterocycles. The summed E-state index contributed by atoms with van der Waals surface area (Å²) in [5.74, 6) is 0. The van der Waals surface area contributed by atoms with Crippen LogP contribution in [0.2, 0.25) is 5.02 Å². The van der Waals surface area contributed by atoms with Gasteiger partial charge in [0.2, 0.25) is 0 Å². The molecule has 9 rings (SSSR count). The van der Waals surface area contributed by atoms with Crippen LogP contribution in [0.15, 0.2) is 194 Å². The Balaban J connectivity index is 1.30. The second-order valence-electron chi connectivity index (χ2n) is 12.7. The molecular formula is C47H32ClN. The van der Waals surface area contributed by atoms with E-state index in [1.54, 1.807) is 0 Å². The molecule has 0 saturated carbocycles. The van der Waals surface area contributed by atoms with Crippen molar-refractivity contribution in [2.24, 2.45) is 0 Å². The summed E-state index contributed by atoms with van der Waals surface area (Å²) >= 11 is 6.97. The van der Waals surface area contributed by atoms with Gasteiger partial charge in [-0.25, -0.2) is 0 Å². The molecule has 232 valence electrons. The van der Waals surface area contributed by atoms with Crippen LogP contribution in [-0.4, -0.2) is 0 Å². The Kier molecular flexibility index (Phi) is 7.15. The molecule has 0 amide bonds. The van der Waals surface area contributed by atoms with Gasteiger partial charge < -0.3 is 4.90 Å². The lowest BCUT2D eigenvalue weighted by Gasteiger charge is -2.34. The first-order valence-corrected chi connectivity index (χ1v) is 17.1. The van der Waals surface area contributed by atoms with E-state index < -0.39 is 5.41 Å². The van der Waals surface area contributed by atoms with Gasteiger partial charge in [-0.2, -0.15) is 0 Å². The number of rotatable bonds is 6. The molecule has 2 heteroatoms. The Morgan fingerprint density at radius 2 is 0.959 bits per heavy atom. The third kappa shape index (κ3) is 4.78. The minimum absolute atomic E-state index is 0.466. The average molecular weight is 646 g/mol. The van der Waals surface area contributed by atoms with Crippen LogP contribution in [-0.2, 0) is 5.41 Å². The van der Waals surface area contributed by atoms with Gasteiger partial charge in [0.05, 0.1) is 5.41 Å². The molecular weight excluding hydrogens is 614 g/mol. The number of nitrogens with zero attached hydrogens (tertiary/aromatic N) is 1. The number of para-hydroxylation sites is 2. The van der Waals surface area contributed by atoms with E-state index in [0.717, 1.165) is 28.2 Å². The molecule has 0 aromatic heterocycles. The summed E-state index contributed by atoms with van der Waals surface area (Å²) in [6.07, 6.45) is 0. The summed E-state index contributed by atoms with van der Waals surface area (Å²) in [5, 5.41) is 3.19. The lowest BCUT2D eigenvalue weighted by molar-refractivity contribution is 0.769. The van der Waals surface area contributed by atoms with Crippen molar-refractivity contribution in [3.8, 4) is 22.3 Å².